The molecule has 0 aliphatic carbocycles. The molecule has 1 fully saturated rings. The number of nitrogens with zero attached hydrogens (tertiary/aromatic N) is 3. The zero-order valence-corrected chi connectivity index (χ0v) is 16.7. The van der Waals surface area contributed by atoms with E-state index in [1.165, 1.54) is 24.9 Å². The van der Waals surface area contributed by atoms with E-state index in [1.807, 2.05) is 44.3 Å². The Bertz CT molecular complexity index is 975. The molecular formula is C24H27N3O. The Kier molecular flexibility index (Phi) is 5.29. The number of hydrogen-bond donors (Lipinski definition) is 0. The number of piperidine rings is 1. The summed E-state index contributed by atoms with van der Waals surface area (Å²) in [6.07, 6.45) is 3.89. The maximum absolute atomic E-state index is 13.1. The molecule has 1 aliphatic rings. The molecule has 1 aromatic heterocycles. The number of carbonyl (C=O) groups excluding carboxylic acids is 1. The second-order valence-electron chi connectivity index (χ2n) is 7.70. The molecule has 0 spiro atoms. The number of fused-ring (bicyclic) bond motifs is 1. The van der Waals surface area contributed by atoms with Gasteiger partial charge in [0.1, 0.15) is 0 Å². The molecule has 0 N–H and O–H groups in total. The van der Waals surface area contributed by atoms with Crippen LogP contribution in [0.15, 0.2) is 54.6 Å². The summed E-state index contributed by atoms with van der Waals surface area (Å²) in [6, 6.07) is 18.4. The molecular weight excluding hydrogens is 346 g/mol. The number of amides is 1. The van der Waals surface area contributed by atoms with Crippen molar-refractivity contribution in [3.05, 3.63) is 71.4 Å². The normalized spacial score (nSPS) is 14.3. The van der Waals surface area contributed by atoms with E-state index < -0.39 is 0 Å². The summed E-state index contributed by atoms with van der Waals surface area (Å²) in [4.78, 5) is 21.9. The predicted octanol–water partition coefficient (Wildman–Crippen LogP) is 4.81. The molecule has 3 aromatic rings. The summed E-state index contributed by atoms with van der Waals surface area (Å²) in [5.74, 6) is 0.0295. The van der Waals surface area contributed by atoms with Gasteiger partial charge in [-0.25, -0.2) is 0 Å². The van der Waals surface area contributed by atoms with E-state index >= 15 is 0 Å². The van der Waals surface area contributed by atoms with Gasteiger partial charge in [-0.1, -0.05) is 30.3 Å². The first-order chi connectivity index (χ1) is 13.6. The summed E-state index contributed by atoms with van der Waals surface area (Å²) >= 11 is 0. The molecule has 0 atom stereocenters. The van der Waals surface area contributed by atoms with Crippen molar-refractivity contribution in [3.8, 4) is 0 Å². The first-order valence-electron chi connectivity index (χ1n) is 10.1. The van der Waals surface area contributed by atoms with E-state index in [2.05, 4.69) is 34.1 Å². The van der Waals surface area contributed by atoms with Crippen LogP contribution in [0.2, 0.25) is 0 Å². The van der Waals surface area contributed by atoms with E-state index in [-0.39, 0.29) is 5.91 Å². The molecule has 4 heteroatoms. The Morgan fingerprint density at radius 1 is 1.04 bits per heavy atom. The predicted molar refractivity (Wildman–Crippen MR) is 115 cm³/mol. The van der Waals surface area contributed by atoms with Gasteiger partial charge < -0.3 is 9.80 Å². The van der Waals surface area contributed by atoms with Gasteiger partial charge in [0.2, 0.25) is 0 Å². The molecule has 4 rings (SSSR count). The lowest BCUT2D eigenvalue weighted by Crippen LogP contribution is -2.29. The van der Waals surface area contributed by atoms with Crippen LogP contribution in [-0.4, -0.2) is 35.9 Å². The minimum absolute atomic E-state index is 0.0295. The zero-order valence-electron chi connectivity index (χ0n) is 16.7. The average molecular weight is 374 g/mol. The molecule has 28 heavy (non-hydrogen) atoms. The van der Waals surface area contributed by atoms with Gasteiger partial charge in [0, 0.05) is 43.4 Å². The summed E-state index contributed by atoms with van der Waals surface area (Å²) in [5, 5.41) is 0.908. The molecule has 0 radical (unpaired) electrons. The zero-order chi connectivity index (χ0) is 19.5. The fourth-order valence-electron chi connectivity index (χ4n) is 4.00. The number of aromatic nitrogens is 1. The van der Waals surface area contributed by atoms with Gasteiger partial charge in [0.15, 0.2) is 0 Å². The summed E-state index contributed by atoms with van der Waals surface area (Å²) < 4.78 is 0. The van der Waals surface area contributed by atoms with Gasteiger partial charge in [0.25, 0.3) is 5.91 Å². The minimum Gasteiger partial charge on any atom is -0.372 e. The highest BCUT2D eigenvalue weighted by atomic mass is 16.2. The quantitative estimate of drug-likeness (QED) is 0.659. The number of rotatable bonds is 4. The number of aryl methyl sites for hydroxylation is 1. The molecule has 144 valence electrons. The fourth-order valence-corrected chi connectivity index (χ4v) is 4.00. The van der Waals surface area contributed by atoms with Crippen molar-refractivity contribution in [2.45, 2.75) is 32.7 Å². The van der Waals surface area contributed by atoms with Crippen molar-refractivity contribution in [2.24, 2.45) is 0 Å². The second kappa shape index (κ2) is 8.01. The van der Waals surface area contributed by atoms with Crippen molar-refractivity contribution in [2.75, 3.05) is 25.0 Å². The van der Waals surface area contributed by atoms with Gasteiger partial charge in [-0.15, -0.1) is 0 Å². The second-order valence-corrected chi connectivity index (χ2v) is 7.70. The highest BCUT2D eigenvalue weighted by molar-refractivity contribution is 6.06. The molecule has 2 aromatic carbocycles. The number of pyridine rings is 1. The maximum atomic E-state index is 13.1. The van der Waals surface area contributed by atoms with Crippen LogP contribution in [0.4, 0.5) is 5.69 Å². The van der Waals surface area contributed by atoms with Gasteiger partial charge in [-0.2, -0.15) is 0 Å². The Morgan fingerprint density at radius 2 is 1.75 bits per heavy atom. The molecule has 1 aliphatic heterocycles. The van der Waals surface area contributed by atoms with Gasteiger partial charge >= 0.3 is 0 Å². The summed E-state index contributed by atoms with van der Waals surface area (Å²) in [5.41, 5.74) is 4.88. The number of para-hydroxylation sites is 1. The number of carbonyl (C=O) groups is 1. The van der Waals surface area contributed by atoms with E-state index in [9.17, 15) is 4.79 Å². The standard InChI is InChI=1S/C24H27N3O/c1-18-16-22(21-8-4-5-9-23(21)25-18)24(28)26(2)17-19-10-12-20(13-11-19)27-14-6-3-7-15-27/h4-5,8-13,16H,3,6-7,14-15,17H2,1-2H3. The van der Waals surface area contributed by atoms with Crippen LogP contribution in [0.3, 0.4) is 0 Å². The van der Waals surface area contributed by atoms with Crippen molar-refractivity contribution >= 4 is 22.5 Å². The Balaban J connectivity index is 1.50. The van der Waals surface area contributed by atoms with Crippen LogP contribution in [0.5, 0.6) is 0 Å². The van der Waals surface area contributed by atoms with Gasteiger partial charge in [-0.3, -0.25) is 9.78 Å². The van der Waals surface area contributed by atoms with Crippen LogP contribution in [0.1, 0.15) is 40.9 Å². The highest BCUT2D eigenvalue weighted by Gasteiger charge is 2.17. The van der Waals surface area contributed by atoms with E-state index in [1.54, 1.807) is 4.90 Å². The Morgan fingerprint density at radius 3 is 2.50 bits per heavy atom. The number of anilines is 1. The van der Waals surface area contributed by atoms with Crippen LogP contribution in [0.25, 0.3) is 10.9 Å². The van der Waals surface area contributed by atoms with E-state index in [4.69, 9.17) is 0 Å². The van der Waals surface area contributed by atoms with Crippen molar-refractivity contribution in [1.29, 1.82) is 0 Å². The van der Waals surface area contributed by atoms with Crippen molar-refractivity contribution in [1.82, 2.24) is 9.88 Å². The van der Waals surface area contributed by atoms with Crippen LogP contribution < -0.4 is 4.90 Å². The summed E-state index contributed by atoms with van der Waals surface area (Å²) in [7, 11) is 1.87. The minimum atomic E-state index is 0.0295. The molecule has 2 heterocycles. The van der Waals surface area contributed by atoms with Crippen LogP contribution in [0, 0.1) is 6.92 Å². The molecule has 0 bridgehead atoms. The van der Waals surface area contributed by atoms with Crippen molar-refractivity contribution in [3.63, 3.8) is 0 Å². The van der Waals surface area contributed by atoms with E-state index in [0.717, 1.165) is 40.8 Å². The largest absolute Gasteiger partial charge is 0.372 e. The molecule has 0 unspecified atom stereocenters. The molecule has 1 saturated heterocycles. The van der Waals surface area contributed by atoms with Crippen LogP contribution >= 0.6 is 0 Å². The Hall–Kier alpha value is -2.88. The smallest absolute Gasteiger partial charge is 0.254 e. The van der Waals surface area contributed by atoms with Gasteiger partial charge in [-0.05, 0) is 56.0 Å². The third-order valence-corrected chi connectivity index (χ3v) is 5.50. The molecule has 0 saturated carbocycles. The van der Waals surface area contributed by atoms with Gasteiger partial charge in [0.05, 0.1) is 11.1 Å². The third-order valence-electron chi connectivity index (χ3n) is 5.50. The average Bonchev–Trinajstić information content (AvgIpc) is 2.73. The fraction of sp³-hybridized carbons (Fsp3) is 0.333. The highest BCUT2D eigenvalue weighted by Crippen LogP contribution is 2.22. The molecule has 1 amide bonds. The summed E-state index contributed by atoms with van der Waals surface area (Å²) in [6.45, 7) is 4.82. The SMILES string of the molecule is Cc1cc(C(=O)N(C)Cc2ccc(N3CCCCC3)cc2)c2ccccc2n1. The van der Waals surface area contributed by atoms with Crippen molar-refractivity contribution < 1.29 is 4.79 Å². The topological polar surface area (TPSA) is 36.4 Å². The lowest BCUT2D eigenvalue weighted by molar-refractivity contribution is 0.0787. The molecule has 4 nitrogen and oxygen atoms in total. The lowest BCUT2D eigenvalue weighted by Gasteiger charge is -2.29. The number of benzene rings is 2. The van der Waals surface area contributed by atoms with Crippen LogP contribution in [-0.2, 0) is 6.54 Å². The monoisotopic (exact) mass is 373 g/mol. The van der Waals surface area contributed by atoms with E-state index in [0.29, 0.717) is 6.54 Å². The number of hydrogen-bond acceptors (Lipinski definition) is 3. The first-order valence-corrected chi connectivity index (χ1v) is 10.1. The maximum Gasteiger partial charge on any atom is 0.254 e. The Labute approximate surface area is 166 Å². The first kappa shape index (κ1) is 18.5. The lowest BCUT2D eigenvalue weighted by atomic mass is 10.1. The third kappa shape index (κ3) is 3.86.